The molecule has 2 aliphatic heterocycles. The van der Waals surface area contributed by atoms with Crippen molar-refractivity contribution in [2.75, 3.05) is 14.1 Å². The molecule has 2 heterocycles. The van der Waals surface area contributed by atoms with Crippen LogP contribution in [0.25, 0.3) is 0 Å². The van der Waals surface area contributed by atoms with Crippen molar-refractivity contribution >= 4 is 23.6 Å². The topological polar surface area (TPSA) is 74.8 Å². The van der Waals surface area contributed by atoms with Crippen molar-refractivity contribution in [2.45, 2.75) is 19.8 Å². The summed E-state index contributed by atoms with van der Waals surface area (Å²) in [7, 11) is 3.06. The Morgan fingerprint density at radius 3 is 1.92 bits per heavy atom. The molecular formula is C19H22N2O4. The van der Waals surface area contributed by atoms with E-state index in [0.29, 0.717) is 12.8 Å². The number of imide groups is 2. The van der Waals surface area contributed by atoms with Crippen molar-refractivity contribution in [3.05, 3.63) is 23.8 Å². The molecule has 0 unspecified atom stereocenters. The number of nitrogens with zero attached hydrogens (tertiary/aromatic N) is 2. The summed E-state index contributed by atoms with van der Waals surface area (Å²) in [5.74, 6) is -2.45. The van der Waals surface area contributed by atoms with Crippen LogP contribution in [0.5, 0.6) is 0 Å². The Labute approximate surface area is 146 Å². The van der Waals surface area contributed by atoms with Crippen LogP contribution in [0, 0.1) is 35.5 Å². The third-order valence-corrected chi connectivity index (χ3v) is 6.85. The van der Waals surface area contributed by atoms with Crippen LogP contribution in [0.2, 0.25) is 0 Å². The maximum absolute atomic E-state index is 12.7. The lowest BCUT2D eigenvalue weighted by Gasteiger charge is -2.45. The molecule has 2 aliphatic carbocycles. The fraction of sp³-hybridized carbons (Fsp3) is 0.579. The first-order chi connectivity index (χ1) is 11.8. The summed E-state index contributed by atoms with van der Waals surface area (Å²) < 4.78 is 0. The van der Waals surface area contributed by atoms with Crippen LogP contribution in [0.4, 0.5) is 0 Å². The summed E-state index contributed by atoms with van der Waals surface area (Å²) in [5.41, 5.74) is 2.03. The summed E-state index contributed by atoms with van der Waals surface area (Å²) in [6.07, 6.45) is 2.74. The number of allylic oxidation sites excluding steroid dienone is 3. The van der Waals surface area contributed by atoms with Gasteiger partial charge >= 0.3 is 0 Å². The molecule has 4 amide bonds. The van der Waals surface area contributed by atoms with Crippen molar-refractivity contribution in [3.8, 4) is 0 Å². The van der Waals surface area contributed by atoms with E-state index in [1.54, 1.807) is 6.08 Å². The molecule has 6 heteroatoms. The minimum absolute atomic E-state index is 0.135. The van der Waals surface area contributed by atoms with Gasteiger partial charge in [0.1, 0.15) is 0 Å². The Morgan fingerprint density at radius 2 is 1.36 bits per heavy atom. The van der Waals surface area contributed by atoms with Crippen LogP contribution < -0.4 is 0 Å². The standard InChI is InChI=1S/C19H22N2O4/c1-5-9-6-11-15(19(25)21(4)16(11)22)13-8(2)14-12(7-10(9)13)17(23)20(3)18(14)24/h5,8,11-15H,1,6-7H2,2-4H3/t8-,11+,12+,13-,14-,15+/m1/s1. The molecule has 25 heavy (non-hydrogen) atoms. The average Bonchev–Trinajstić information content (AvgIpc) is 2.95. The molecule has 0 radical (unpaired) electrons. The molecule has 4 rings (SSSR count). The molecule has 0 aromatic carbocycles. The van der Waals surface area contributed by atoms with Crippen molar-refractivity contribution in [2.24, 2.45) is 35.5 Å². The molecule has 0 spiro atoms. The van der Waals surface area contributed by atoms with E-state index in [1.165, 1.54) is 23.9 Å². The van der Waals surface area contributed by atoms with Crippen molar-refractivity contribution < 1.29 is 19.2 Å². The molecule has 6 atom stereocenters. The number of fused-ring (bicyclic) bond motifs is 4. The van der Waals surface area contributed by atoms with E-state index in [0.717, 1.165) is 11.1 Å². The van der Waals surface area contributed by atoms with Gasteiger partial charge in [-0.05, 0) is 30.3 Å². The average molecular weight is 342 g/mol. The zero-order valence-electron chi connectivity index (χ0n) is 14.7. The molecule has 0 aromatic heterocycles. The van der Waals surface area contributed by atoms with Gasteiger partial charge in [-0.15, -0.1) is 0 Å². The third kappa shape index (κ3) is 1.85. The number of hydrogen-bond donors (Lipinski definition) is 0. The molecule has 1 saturated carbocycles. The predicted molar refractivity (Wildman–Crippen MR) is 88.6 cm³/mol. The fourth-order valence-corrected chi connectivity index (χ4v) is 5.62. The number of carbonyl (C=O) groups excluding carboxylic acids is 4. The molecule has 4 aliphatic rings. The quantitative estimate of drug-likeness (QED) is 0.666. The van der Waals surface area contributed by atoms with Gasteiger partial charge in [0.25, 0.3) is 0 Å². The smallest absolute Gasteiger partial charge is 0.233 e. The number of likely N-dealkylation sites (tertiary alicyclic amines) is 2. The van der Waals surface area contributed by atoms with Crippen LogP contribution >= 0.6 is 0 Å². The predicted octanol–water partition coefficient (Wildman–Crippen LogP) is 0.991. The largest absolute Gasteiger partial charge is 0.285 e. The number of carbonyl (C=O) groups is 4. The Kier molecular flexibility index (Phi) is 3.33. The van der Waals surface area contributed by atoms with Gasteiger partial charge in [0, 0.05) is 14.1 Å². The summed E-state index contributed by atoms with van der Waals surface area (Å²) >= 11 is 0. The Bertz CT molecular complexity index is 761. The molecule has 0 bridgehead atoms. The summed E-state index contributed by atoms with van der Waals surface area (Å²) in [6, 6.07) is 0. The minimum Gasteiger partial charge on any atom is -0.285 e. The lowest BCUT2D eigenvalue weighted by atomic mass is 9.56. The highest BCUT2D eigenvalue weighted by atomic mass is 16.2. The highest BCUT2D eigenvalue weighted by Crippen LogP contribution is 2.56. The van der Waals surface area contributed by atoms with Gasteiger partial charge < -0.3 is 0 Å². The van der Waals surface area contributed by atoms with Crippen LogP contribution in [-0.4, -0.2) is 47.5 Å². The fourth-order valence-electron chi connectivity index (χ4n) is 5.62. The first-order valence-corrected chi connectivity index (χ1v) is 8.76. The molecule has 0 N–H and O–H groups in total. The number of rotatable bonds is 1. The van der Waals surface area contributed by atoms with Gasteiger partial charge in [-0.25, -0.2) is 0 Å². The van der Waals surface area contributed by atoms with Crippen LogP contribution in [-0.2, 0) is 19.2 Å². The van der Waals surface area contributed by atoms with Crippen LogP contribution in [0.1, 0.15) is 19.8 Å². The van der Waals surface area contributed by atoms with E-state index >= 15 is 0 Å². The lowest BCUT2D eigenvalue weighted by Crippen LogP contribution is -2.45. The normalized spacial score (nSPS) is 40.4. The van der Waals surface area contributed by atoms with Crippen LogP contribution in [0.3, 0.4) is 0 Å². The molecule has 0 aromatic rings. The first kappa shape index (κ1) is 16.2. The van der Waals surface area contributed by atoms with Gasteiger partial charge in [0.2, 0.25) is 23.6 Å². The van der Waals surface area contributed by atoms with Gasteiger partial charge in [0.05, 0.1) is 23.7 Å². The SMILES string of the molecule is C=CC1=C2C[C@@H]3C(=O)N(C)C(=O)[C@@H]3[C@H](C)[C@H]2[C@H]2C(=O)N(C)C(=O)[C@H]2C1. The zero-order valence-corrected chi connectivity index (χ0v) is 14.7. The van der Waals surface area contributed by atoms with Gasteiger partial charge in [0.15, 0.2) is 0 Å². The molecule has 3 fully saturated rings. The summed E-state index contributed by atoms with van der Waals surface area (Å²) in [5, 5.41) is 0. The van der Waals surface area contributed by atoms with E-state index in [1.807, 2.05) is 6.92 Å². The molecule has 2 saturated heterocycles. The highest BCUT2D eigenvalue weighted by molar-refractivity contribution is 6.07. The molecular weight excluding hydrogens is 320 g/mol. The minimum atomic E-state index is -0.416. The monoisotopic (exact) mass is 342 g/mol. The van der Waals surface area contributed by atoms with E-state index < -0.39 is 11.8 Å². The van der Waals surface area contributed by atoms with E-state index in [9.17, 15) is 19.2 Å². The van der Waals surface area contributed by atoms with Crippen molar-refractivity contribution in [3.63, 3.8) is 0 Å². The summed E-state index contributed by atoms with van der Waals surface area (Å²) in [4.78, 5) is 52.8. The number of hydrogen-bond acceptors (Lipinski definition) is 4. The van der Waals surface area contributed by atoms with E-state index in [-0.39, 0.29) is 47.3 Å². The van der Waals surface area contributed by atoms with Crippen LogP contribution in [0.15, 0.2) is 23.8 Å². The Balaban J connectivity index is 1.85. The lowest BCUT2D eigenvalue weighted by molar-refractivity contribution is -0.140. The highest BCUT2D eigenvalue weighted by Gasteiger charge is 2.61. The second kappa shape index (κ2) is 5.13. The second-order valence-electron chi connectivity index (χ2n) is 7.78. The Hall–Kier alpha value is -2.24. The Morgan fingerprint density at radius 1 is 0.840 bits per heavy atom. The third-order valence-electron chi connectivity index (χ3n) is 6.85. The summed E-state index contributed by atoms with van der Waals surface area (Å²) in [6.45, 7) is 5.83. The zero-order chi connectivity index (χ0) is 18.2. The van der Waals surface area contributed by atoms with Gasteiger partial charge in [-0.3, -0.25) is 29.0 Å². The maximum Gasteiger partial charge on any atom is 0.233 e. The number of amides is 4. The molecule has 6 nitrogen and oxygen atoms in total. The van der Waals surface area contributed by atoms with E-state index in [4.69, 9.17) is 0 Å². The van der Waals surface area contributed by atoms with Gasteiger partial charge in [-0.2, -0.15) is 0 Å². The second-order valence-corrected chi connectivity index (χ2v) is 7.78. The van der Waals surface area contributed by atoms with Gasteiger partial charge in [-0.1, -0.05) is 25.2 Å². The molecule has 132 valence electrons. The van der Waals surface area contributed by atoms with Crippen molar-refractivity contribution in [1.82, 2.24) is 9.80 Å². The van der Waals surface area contributed by atoms with Crippen molar-refractivity contribution in [1.29, 1.82) is 0 Å². The van der Waals surface area contributed by atoms with E-state index in [2.05, 4.69) is 6.58 Å². The maximum atomic E-state index is 12.7. The first-order valence-electron chi connectivity index (χ1n) is 8.76.